The van der Waals surface area contributed by atoms with E-state index in [0.717, 1.165) is 17.0 Å². The molecule has 1 aliphatic rings. The molecule has 1 heterocycles. The van der Waals surface area contributed by atoms with Crippen LogP contribution in [0.1, 0.15) is 43.6 Å². The molecular formula is C17H18FN. The third-order valence-corrected chi connectivity index (χ3v) is 3.12. The van der Waals surface area contributed by atoms with Gasteiger partial charge in [0.25, 0.3) is 0 Å². The van der Waals surface area contributed by atoms with E-state index in [1.54, 1.807) is 6.07 Å². The Labute approximate surface area is 113 Å². The normalized spacial score (nSPS) is 16.2. The van der Waals surface area contributed by atoms with E-state index < -0.39 is 6.17 Å². The van der Waals surface area contributed by atoms with Gasteiger partial charge < -0.3 is 0 Å². The SMILES string of the molecule is CC.CC1=Nc2ccccc2C(F)c2ccccc21. The zero-order valence-electron chi connectivity index (χ0n) is 11.5. The van der Waals surface area contributed by atoms with Crippen LogP contribution in [0.2, 0.25) is 0 Å². The van der Waals surface area contributed by atoms with E-state index in [1.807, 2.05) is 63.2 Å². The lowest BCUT2D eigenvalue weighted by Gasteiger charge is -2.11. The number of para-hydroxylation sites is 1. The molecule has 0 aliphatic carbocycles. The highest BCUT2D eigenvalue weighted by Gasteiger charge is 2.22. The topological polar surface area (TPSA) is 12.4 Å². The van der Waals surface area contributed by atoms with Crippen molar-refractivity contribution in [1.29, 1.82) is 0 Å². The van der Waals surface area contributed by atoms with Gasteiger partial charge in [-0.2, -0.15) is 0 Å². The molecule has 2 heteroatoms. The highest BCUT2D eigenvalue weighted by Crippen LogP contribution is 2.37. The molecular weight excluding hydrogens is 237 g/mol. The predicted molar refractivity (Wildman–Crippen MR) is 79.1 cm³/mol. The maximum absolute atomic E-state index is 14.5. The van der Waals surface area contributed by atoms with Crippen LogP contribution in [0.4, 0.5) is 10.1 Å². The van der Waals surface area contributed by atoms with Crippen LogP contribution in [0, 0.1) is 0 Å². The summed E-state index contributed by atoms with van der Waals surface area (Å²) < 4.78 is 14.5. The number of hydrogen-bond donors (Lipinski definition) is 0. The van der Waals surface area contributed by atoms with Gasteiger partial charge in [0.1, 0.15) is 0 Å². The molecule has 0 N–H and O–H groups in total. The summed E-state index contributed by atoms with van der Waals surface area (Å²) in [7, 11) is 0. The van der Waals surface area contributed by atoms with Crippen molar-refractivity contribution in [2.75, 3.05) is 0 Å². The standard InChI is InChI=1S/C15H12FN.C2H6/c1-10-11-6-2-3-7-12(11)15(16)13-8-4-5-9-14(13)17-10;1-2/h2-9,15H,1H3;1-2H3. The second kappa shape index (κ2) is 5.79. The Bertz CT molecular complexity index is 602. The molecule has 1 atom stereocenters. The van der Waals surface area contributed by atoms with Crippen molar-refractivity contribution in [3.8, 4) is 0 Å². The molecule has 0 fully saturated rings. The Hall–Kier alpha value is -1.96. The molecule has 98 valence electrons. The molecule has 2 aromatic rings. The number of halogens is 1. The highest BCUT2D eigenvalue weighted by atomic mass is 19.1. The first kappa shape index (κ1) is 13.5. The van der Waals surface area contributed by atoms with Gasteiger partial charge in [-0.15, -0.1) is 0 Å². The van der Waals surface area contributed by atoms with Crippen LogP contribution in [0.5, 0.6) is 0 Å². The lowest BCUT2D eigenvalue weighted by molar-refractivity contribution is 0.403. The fourth-order valence-corrected chi connectivity index (χ4v) is 2.26. The van der Waals surface area contributed by atoms with Crippen LogP contribution in [-0.4, -0.2) is 5.71 Å². The Morgan fingerprint density at radius 1 is 0.895 bits per heavy atom. The Kier molecular flexibility index (Phi) is 4.10. The van der Waals surface area contributed by atoms with E-state index in [4.69, 9.17) is 0 Å². The first-order chi connectivity index (χ1) is 9.27. The zero-order chi connectivity index (χ0) is 13.8. The summed E-state index contributed by atoms with van der Waals surface area (Å²) in [6, 6.07) is 14.9. The predicted octanol–water partition coefficient (Wildman–Crippen LogP) is 5.23. The van der Waals surface area contributed by atoms with Crippen molar-refractivity contribution in [3.63, 3.8) is 0 Å². The average molecular weight is 255 g/mol. The van der Waals surface area contributed by atoms with Crippen LogP contribution < -0.4 is 0 Å². The molecule has 3 rings (SSSR count). The van der Waals surface area contributed by atoms with Gasteiger partial charge in [0.2, 0.25) is 0 Å². The van der Waals surface area contributed by atoms with Crippen LogP contribution >= 0.6 is 0 Å². The number of fused-ring (bicyclic) bond motifs is 2. The number of benzene rings is 2. The number of nitrogens with zero attached hydrogens (tertiary/aromatic N) is 1. The van der Waals surface area contributed by atoms with Gasteiger partial charge in [-0.25, -0.2) is 4.39 Å². The van der Waals surface area contributed by atoms with E-state index in [-0.39, 0.29) is 0 Å². The molecule has 1 aliphatic heterocycles. The smallest absolute Gasteiger partial charge is 0.153 e. The van der Waals surface area contributed by atoms with Crippen LogP contribution in [0.15, 0.2) is 53.5 Å². The van der Waals surface area contributed by atoms with E-state index in [0.29, 0.717) is 11.1 Å². The molecule has 0 spiro atoms. The van der Waals surface area contributed by atoms with E-state index in [9.17, 15) is 4.39 Å². The van der Waals surface area contributed by atoms with Gasteiger partial charge in [-0.3, -0.25) is 4.99 Å². The monoisotopic (exact) mass is 255 g/mol. The van der Waals surface area contributed by atoms with Gasteiger partial charge in [-0.1, -0.05) is 56.3 Å². The first-order valence-corrected chi connectivity index (χ1v) is 6.65. The van der Waals surface area contributed by atoms with Crippen LogP contribution in [0.3, 0.4) is 0 Å². The van der Waals surface area contributed by atoms with Gasteiger partial charge in [0.15, 0.2) is 6.17 Å². The fraction of sp³-hybridized carbons (Fsp3) is 0.235. The van der Waals surface area contributed by atoms with Gasteiger partial charge in [-0.05, 0) is 18.6 Å². The molecule has 2 aromatic carbocycles. The first-order valence-electron chi connectivity index (χ1n) is 6.65. The second-order valence-corrected chi connectivity index (χ2v) is 4.21. The molecule has 19 heavy (non-hydrogen) atoms. The molecule has 0 radical (unpaired) electrons. The summed E-state index contributed by atoms with van der Waals surface area (Å²) in [6.07, 6.45) is -1.09. The van der Waals surface area contributed by atoms with Crippen molar-refractivity contribution >= 4 is 11.4 Å². The van der Waals surface area contributed by atoms with Crippen molar-refractivity contribution in [2.45, 2.75) is 26.9 Å². The van der Waals surface area contributed by atoms with Crippen LogP contribution in [-0.2, 0) is 0 Å². The van der Waals surface area contributed by atoms with Crippen molar-refractivity contribution in [1.82, 2.24) is 0 Å². The van der Waals surface area contributed by atoms with Crippen molar-refractivity contribution in [2.24, 2.45) is 4.99 Å². The summed E-state index contributed by atoms with van der Waals surface area (Å²) in [6.45, 7) is 5.92. The molecule has 0 saturated heterocycles. The Morgan fingerprint density at radius 2 is 1.47 bits per heavy atom. The lowest BCUT2D eigenvalue weighted by atomic mass is 9.97. The third-order valence-electron chi connectivity index (χ3n) is 3.12. The molecule has 0 aromatic heterocycles. The zero-order valence-corrected chi connectivity index (χ0v) is 11.5. The summed E-state index contributed by atoms with van der Waals surface area (Å²) in [4.78, 5) is 4.51. The Morgan fingerprint density at radius 3 is 2.21 bits per heavy atom. The van der Waals surface area contributed by atoms with E-state index >= 15 is 0 Å². The summed E-state index contributed by atoms with van der Waals surface area (Å²) in [5, 5.41) is 0. The minimum absolute atomic E-state index is 0.650. The Balaban J connectivity index is 0.000000637. The van der Waals surface area contributed by atoms with Crippen molar-refractivity contribution in [3.05, 3.63) is 65.2 Å². The molecule has 1 nitrogen and oxygen atoms in total. The summed E-state index contributed by atoms with van der Waals surface area (Å²) in [5.41, 5.74) is 3.86. The fourth-order valence-electron chi connectivity index (χ4n) is 2.26. The van der Waals surface area contributed by atoms with E-state index in [1.165, 1.54) is 0 Å². The molecule has 0 amide bonds. The highest BCUT2D eigenvalue weighted by molar-refractivity contribution is 6.02. The molecule has 1 unspecified atom stereocenters. The average Bonchev–Trinajstić information content (AvgIpc) is 2.58. The van der Waals surface area contributed by atoms with Crippen molar-refractivity contribution < 1.29 is 4.39 Å². The molecule has 0 bridgehead atoms. The third kappa shape index (κ3) is 2.43. The molecule has 0 saturated carbocycles. The number of rotatable bonds is 0. The number of alkyl halides is 1. The largest absolute Gasteiger partial charge is 0.253 e. The minimum atomic E-state index is -1.09. The summed E-state index contributed by atoms with van der Waals surface area (Å²) >= 11 is 0. The van der Waals surface area contributed by atoms with Gasteiger partial charge in [0.05, 0.1) is 5.69 Å². The lowest BCUT2D eigenvalue weighted by Crippen LogP contribution is -2.00. The van der Waals surface area contributed by atoms with Crippen LogP contribution in [0.25, 0.3) is 0 Å². The second-order valence-electron chi connectivity index (χ2n) is 4.21. The van der Waals surface area contributed by atoms with Gasteiger partial charge in [0, 0.05) is 16.8 Å². The maximum Gasteiger partial charge on any atom is 0.153 e. The quantitative estimate of drug-likeness (QED) is 0.611. The summed E-state index contributed by atoms with van der Waals surface area (Å²) in [5.74, 6) is 0. The maximum atomic E-state index is 14.5. The minimum Gasteiger partial charge on any atom is -0.253 e. The van der Waals surface area contributed by atoms with E-state index in [2.05, 4.69) is 4.99 Å². The number of hydrogen-bond acceptors (Lipinski definition) is 1. The van der Waals surface area contributed by atoms with Gasteiger partial charge >= 0.3 is 0 Å². The number of aliphatic imine (C=N–C) groups is 1.